The predicted molar refractivity (Wildman–Crippen MR) is 96.7 cm³/mol. The number of rotatable bonds is 5. The molecule has 0 unspecified atom stereocenters. The van der Waals surface area contributed by atoms with Crippen LogP contribution in [0.25, 0.3) is 5.69 Å². The molecule has 6 nitrogen and oxygen atoms in total. The van der Waals surface area contributed by atoms with Crippen molar-refractivity contribution in [2.45, 2.75) is 19.3 Å². The van der Waals surface area contributed by atoms with E-state index in [4.69, 9.17) is 5.11 Å². The third-order valence-corrected chi connectivity index (χ3v) is 3.92. The van der Waals surface area contributed by atoms with Crippen LogP contribution in [0.4, 0.5) is 28.0 Å². The minimum Gasteiger partial charge on any atom is -0.392 e. The summed E-state index contributed by atoms with van der Waals surface area (Å²) in [4.78, 5) is 12.1. The Bertz CT molecular complexity index is 1020. The molecule has 29 heavy (non-hydrogen) atoms. The minimum absolute atomic E-state index is 0.0159. The maximum Gasteiger partial charge on any atom is 0.435 e. The molecule has 0 saturated heterocycles. The maximum absolute atomic E-state index is 13.5. The highest BCUT2D eigenvalue weighted by Gasteiger charge is 2.35. The number of nitrogens with one attached hydrogen (secondary N) is 2. The summed E-state index contributed by atoms with van der Waals surface area (Å²) >= 11 is 0. The van der Waals surface area contributed by atoms with Crippen LogP contribution in [-0.2, 0) is 19.3 Å². The summed E-state index contributed by atoms with van der Waals surface area (Å²) < 4.78 is 53.6. The van der Waals surface area contributed by atoms with Crippen LogP contribution >= 0.6 is 0 Å². The average Bonchev–Trinajstić information content (AvgIpc) is 3.11. The zero-order valence-electron chi connectivity index (χ0n) is 14.9. The van der Waals surface area contributed by atoms with Crippen LogP contribution in [0.2, 0.25) is 0 Å². The zero-order chi connectivity index (χ0) is 21.0. The van der Waals surface area contributed by atoms with Crippen molar-refractivity contribution in [1.82, 2.24) is 15.1 Å². The van der Waals surface area contributed by atoms with Gasteiger partial charge in [-0.15, -0.1) is 0 Å². The fraction of sp³-hybridized carbons (Fsp3) is 0.158. The van der Waals surface area contributed by atoms with E-state index in [0.29, 0.717) is 11.3 Å². The van der Waals surface area contributed by atoms with Crippen molar-refractivity contribution in [3.63, 3.8) is 0 Å². The molecule has 152 valence electrons. The molecule has 1 aromatic heterocycles. The summed E-state index contributed by atoms with van der Waals surface area (Å²) in [6.45, 7) is -0.491. The molecule has 0 atom stereocenters. The maximum atomic E-state index is 13.5. The summed E-state index contributed by atoms with van der Waals surface area (Å²) in [6, 6.07) is 11.5. The van der Waals surface area contributed by atoms with Gasteiger partial charge in [0, 0.05) is 5.69 Å². The van der Waals surface area contributed by atoms with E-state index in [1.54, 1.807) is 24.3 Å². The molecule has 3 N–H and O–H groups in total. The van der Waals surface area contributed by atoms with Crippen LogP contribution in [0.5, 0.6) is 0 Å². The lowest BCUT2D eigenvalue weighted by molar-refractivity contribution is -0.141. The number of carbonyl (C=O) groups is 1. The molecule has 1 heterocycles. The Morgan fingerprint density at radius 3 is 2.55 bits per heavy atom. The number of hydrogen-bond donors (Lipinski definition) is 3. The fourth-order valence-corrected chi connectivity index (χ4v) is 2.61. The molecule has 3 aromatic rings. The van der Waals surface area contributed by atoms with Gasteiger partial charge in [-0.25, -0.2) is 13.9 Å². The Labute approximate surface area is 162 Å². The first kappa shape index (κ1) is 20.3. The number of halogens is 4. The van der Waals surface area contributed by atoms with Crippen LogP contribution in [-0.4, -0.2) is 20.9 Å². The van der Waals surface area contributed by atoms with E-state index in [2.05, 4.69) is 15.7 Å². The topological polar surface area (TPSA) is 79.2 Å². The van der Waals surface area contributed by atoms with Crippen molar-refractivity contribution in [3.8, 4) is 5.69 Å². The van der Waals surface area contributed by atoms with E-state index >= 15 is 0 Å². The Balaban J connectivity index is 1.78. The number of anilines is 1. The molecule has 3 rings (SSSR count). The number of benzene rings is 2. The normalized spacial score (nSPS) is 11.3. The van der Waals surface area contributed by atoms with Gasteiger partial charge in [0.15, 0.2) is 5.69 Å². The van der Waals surface area contributed by atoms with E-state index in [9.17, 15) is 22.4 Å². The Kier molecular flexibility index (Phi) is 5.83. The highest BCUT2D eigenvalue weighted by Crippen LogP contribution is 2.29. The minimum atomic E-state index is -4.69. The number of hydrogen-bond acceptors (Lipinski definition) is 3. The summed E-state index contributed by atoms with van der Waals surface area (Å²) in [7, 11) is 0. The van der Waals surface area contributed by atoms with Gasteiger partial charge < -0.3 is 15.7 Å². The van der Waals surface area contributed by atoms with E-state index in [-0.39, 0.29) is 24.5 Å². The van der Waals surface area contributed by atoms with Crippen molar-refractivity contribution in [2.75, 3.05) is 5.32 Å². The van der Waals surface area contributed by atoms with Crippen molar-refractivity contribution in [2.24, 2.45) is 0 Å². The molecule has 0 saturated carbocycles. The van der Waals surface area contributed by atoms with Gasteiger partial charge in [0.2, 0.25) is 0 Å². The van der Waals surface area contributed by atoms with Gasteiger partial charge in [-0.3, -0.25) is 0 Å². The van der Waals surface area contributed by atoms with Crippen molar-refractivity contribution in [3.05, 3.63) is 77.4 Å². The number of aromatic nitrogens is 2. The summed E-state index contributed by atoms with van der Waals surface area (Å²) in [5.74, 6) is -0.632. The molecule has 0 bridgehead atoms. The molecule has 10 heteroatoms. The van der Waals surface area contributed by atoms with Gasteiger partial charge >= 0.3 is 12.2 Å². The molecule has 2 amide bonds. The Hall–Kier alpha value is -3.40. The van der Waals surface area contributed by atoms with Crippen LogP contribution < -0.4 is 10.6 Å². The standard InChI is InChI=1S/C19H16F4N4O2/c20-13-4-2-6-15(8-13)27-16(9-17(26-27)19(21,22)23)10-24-18(29)25-14-5-1-3-12(7-14)11-28/h1-9,28H,10-11H2,(H2,24,25,29). The van der Waals surface area contributed by atoms with Crippen molar-refractivity contribution in [1.29, 1.82) is 0 Å². The second kappa shape index (κ2) is 8.31. The highest BCUT2D eigenvalue weighted by atomic mass is 19.4. The fourth-order valence-electron chi connectivity index (χ4n) is 2.61. The molecular weight excluding hydrogens is 392 g/mol. The first-order valence-corrected chi connectivity index (χ1v) is 8.43. The van der Waals surface area contributed by atoms with Crippen LogP contribution in [0, 0.1) is 5.82 Å². The van der Waals surface area contributed by atoms with Gasteiger partial charge in [-0.05, 0) is 42.0 Å². The van der Waals surface area contributed by atoms with Gasteiger partial charge in [0.25, 0.3) is 0 Å². The third-order valence-electron chi connectivity index (χ3n) is 3.92. The second-order valence-corrected chi connectivity index (χ2v) is 6.08. The van der Waals surface area contributed by atoms with Gasteiger partial charge in [0.1, 0.15) is 5.82 Å². The van der Waals surface area contributed by atoms with Crippen molar-refractivity contribution >= 4 is 11.7 Å². The quantitative estimate of drug-likeness (QED) is 0.562. The second-order valence-electron chi connectivity index (χ2n) is 6.08. The number of amides is 2. The lowest BCUT2D eigenvalue weighted by Crippen LogP contribution is -2.29. The molecule has 0 aliphatic heterocycles. The van der Waals surface area contributed by atoms with Gasteiger partial charge in [-0.2, -0.15) is 18.3 Å². The van der Waals surface area contributed by atoms with E-state index in [0.717, 1.165) is 22.9 Å². The Morgan fingerprint density at radius 2 is 1.86 bits per heavy atom. The van der Waals surface area contributed by atoms with Gasteiger partial charge in [-0.1, -0.05) is 18.2 Å². The number of nitrogens with zero attached hydrogens (tertiary/aromatic N) is 2. The summed E-state index contributed by atoms with van der Waals surface area (Å²) in [5, 5.41) is 17.6. The molecule has 2 aromatic carbocycles. The van der Waals surface area contributed by atoms with E-state index in [1.165, 1.54) is 12.1 Å². The lowest BCUT2D eigenvalue weighted by Gasteiger charge is -2.10. The van der Waals surface area contributed by atoms with Gasteiger partial charge in [0.05, 0.1) is 24.5 Å². The molecule has 0 spiro atoms. The monoisotopic (exact) mass is 408 g/mol. The summed E-state index contributed by atoms with van der Waals surface area (Å²) in [6.07, 6.45) is -4.69. The number of urea groups is 1. The van der Waals surface area contributed by atoms with Crippen LogP contribution in [0.1, 0.15) is 17.0 Å². The Morgan fingerprint density at radius 1 is 1.10 bits per heavy atom. The number of aliphatic hydroxyl groups excluding tert-OH is 1. The number of alkyl halides is 3. The van der Waals surface area contributed by atoms with E-state index < -0.39 is 23.7 Å². The van der Waals surface area contributed by atoms with E-state index in [1.807, 2.05) is 0 Å². The zero-order valence-corrected chi connectivity index (χ0v) is 14.9. The summed E-state index contributed by atoms with van der Waals surface area (Å²) in [5.41, 5.74) is -0.0596. The van der Waals surface area contributed by atoms with Crippen LogP contribution in [0.3, 0.4) is 0 Å². The molecular formula is C19H16F4N4O2. The third kappa shape index (κ3) is 5.11. The lowest BCUT2D eigenvalue weighted by atomic mass is 10.2. The first-order valence-electron chi connectivity index (χ1n) is 8.43. The number of carbonyl (C=O) groups excluding carboxylic acids is 1. The average molecular weight is 408 g/mol. The highest BCUT2D eigenvalue weighted by molar-refractivity contribution is 5.89. The van der Waals surface area contributed by atoms with Crippen LogP contribution in [0.15, 0.2) is 54.6 Å². The molecule has 0 aliphatic carbocycles. The SMILES string of the molecule is O=C(NCc1cc(C(F)(F)F)nn1-c1cccc(F)c1)Nc1cccc(CO)c1. The molecule has 0 radical (unpaired) electrons. The number of aliphatic hydroxyl groups is 1. The first-order chi connectivity index (χ1) is 13.8. The smallest absolute Gasteiger partial charge is 0.392 e. The molecule has 0 fully saturated rings. The van der Waals surface area contributed by atoms with Crippen molar-refractivity contribution < 1.29 is 27.5 Å². The molecule has 0 aliphatic rings. The predicted octanol–water partition coefficient (Wildman–Crippen LogP) is 3.84. The largest absolute Gasteiger partial charge is 0.435 e.